The van der Waals surface area contributed by atoms with E-state index in [9.17, 15) is 0 Å². The van der Waals surface area contributed by atoms with Gasteiger partial charge < -0.3 is 0 Å². The molecule has 0 amide bonds. The van der Waals surface area contributed by atoms with Crippen molar-refractivity contribution in [3.05, 3.63) is 27.6 Å². The van der Waals surface area contributed by atoms with Crippen LogP contribution in [0.1, 0.15) is 31.2 Å². The molecule has 0 saturated heterocycles. The second-order valence-corrected chi connectivity index (χ2v) is 3.35. The average Bonchev–Trinajstić information content (AvgIpc) is 2.55. The Morgan fingerprint density at radius 3 is 2.54 bits per heavy atom. The zero-order valence-electron chi connectivity index (χ0n) is 8.59. The zero-order chi connectivity index (χ0) is 10.3. The van der Waals surface area contributed by atoms with E-state index in [-0.39, 0.29) is 0 Å². The van der Waals surface area contributed by atoms with E-state index in [1.165, 1.54) is 10.4 Å². The molecule has 0 aliphatic carbocycles. The van der Waals surface area contributed by atoms with Crippen LogP contribution in [0.2, 0.25) is 0 Å². The zero-order valence-corrected chi connectivity index (χ0v) is 9.40. The second-order valence-electron chi connectivity index (χ2n) is 2.41. The molecule has 3 heteroatoms. The first kappa shape index (κ1) is 12.2. The number of nitrogens with one attached hydrogen (secondary N) is 1. The van der Waals surface area contributed by atoms with Crippen molar-refractivity contribution in [2.24, 2.45) is 0 Å². The first-order valence-electron chi connectivity index (χ1n) is 4.36. The summed E-state index contributed by atoms with van der Waals surface area (Å²) in [5, 5.41) is 10.5. The normalized spacial score (nSPS) is 10.4. The van der Waals surface area contributed by atoms with Crippen molar-refractivity contribution < 1.29 is 5.21 Å². The number of hydrogen-bond donors (Lipinski definition) is 2. The third-order valence-corrected chi connectivity index (χ3v) is 2.39. The molecule has 0 spiro atoms. The van der Waals surface area contributed by atoms with Crippen LogP contribution in [0.15, 0.2) is 17.1 Å². The van der Waals surface area contributed by atoms with Gasteiger partial charge in [0.2, 0.25) is 0 Å². The first-order chi connectivity index (χ1) is 6.24. The molecule has 0 saturated carbocycles. The molecule has 0 bridgehead atoms. The van der Waals surface area contributed by atoms with Gasteiger partial charge in [-0.1, -0.05) is 13.8 Å². The van der Waals surface area contributed by atoms with Crippen LogP contribution in [-0.4, -0.2) is 5.21 Å². The van der Waals surface area contributed by atoms with Gasteiger partial charge in [0.05, 0.1) is 0 Å². The molecule has 0 aliphatic heterocycles. The maximum atomic E-state index is 8.51. The van der Waals surface area contributed by atoms with Crippen molar-refractivity contribution in [1.29, 1.82) is 0 Å². The summed E-state index contributed by atoms with van der Waals surface area (Å²) >= 11 is 1.67. The molecular formula is C10H17NOS. The predicted molar refractivity (Wildman–Crippen MR) is 59.0 cm³/mol. The molecule has 74 valence electrons. The Morgan fingerprint density at radius 1 is 1.54 bits per heavy atom. The van der Waals surface area contributed by atoms with E-state index in [4.69, 9.17) is 5.21 Å². The summed E-state index contributed by atoms with van der Waals surface area (Å²) in [6.45, 7) is 7.87. The van der Waals surface area contributed by atoms with Gasteiger partial charge in [-0.15, -0.1) is 11.3 Å². The molecule has 0 aromatic carbocycles. The molecule has 0 unspecified atom stereocenters. The van der Waals surface area contributed by atoms with E-state index in [0.717, 1.165) is 5.70 Å². The number of thiophene rings is 1. The smallest absolute Gasteiger partial charge is 0.0359 e. The average molecular weight is 199 g/mol. The van der Waals surface area contributed by atoms with Crippen molar-refractivity contribution in [2.45, 2.75) is 27.7 Å². The van der Waals surface area contributed by atoms with Gasteiger partial charge in [0.25, 0.3) is 0 Å². The van der Waals surface area contributed by atoms with Gasteiger partial charge in [-0.25, -0.2) is 0 Å². The first-order valence-corrected chi connectivity index (χ1v) is 5.24. The molecule has 13 heavy (non-hydrogen) atoms. The fourth-order valence-electron chi connectivity index (χ4n) is 0.761. The van der Waals surface area contributed by atoms with Crippen molar-refractivity contribution in [3.8, 4) is 0 Å². The van der Waals surface area contributed by atoms with E-state index in [1.54, 1.807) is 11.3 Å². The molecule has 0 fully saturated rings. The van der Waals surface area contributed by atoms with Gasteiger partial charge >= 0.3 is 0 Å². The number of allylic oxidation sites excluding steroid dienone is 1. The lowest BCUT2D eigenvalue weighted by Crippen LogP contribution is -2.01. The minimum Gasteiger partial charge on any atom is -0.291 e. The van der Waals surface area contributed by atoms with Crippen LogP contribution >= 0.6 is 11.3 Å². The lowest BCUT2D eigenvalue weighted by Gasteiger charge is -1.95. The summed E-state index contributed by atoms with van der Waals surface area (Å²) in [5.74, 6) is 0. The van der Waals surface area contributed by atoms with E-state index < -0.39 is 0 Å². The Balaban J connectivity index is 0.000000671. The van der Waals surface area contributed by atoms with Crippen LogP contribution in [0.4, 0.5) is 0 Å². The molecule has 1 aromatic rings. The van der Waals surface area contributed by atoms with Crippen molar-refractivity contribution >= 4 is 17.4 Å². The van der Waals surface area contributed by atoms with Crippen LogP contribution in [-0.2, 0) is 0 Å². The van der Waals surface area contributed by atoms with Crippen LogP contribution in [0.25, 0.3) is 6.08 Å². The van der Waals surface area contributed by atoms with Gasteiger partial charge in [0.1, 0.15) is 0 Å². The second kappa shape index (κ2) is 6.69. The van der Waals surface area contributed by atoms with E-state index in [1.807, 2.05) is 39.2 Å². The fraction of sp³-hybridized carbons (Fsp3) is 0.400. The van der Waals surface area contributed by atoms with Gasteiger partial charge in [0.15, 0.2) is 0 Å². The highest BCUT2D eigenvalue weighted by Gasteiger charge is 1.95. The minimum absolute atomic E-state index is 0.760. The van der Waals surface area contributed by atoms with Crippen molar-refractivity contribution in [3.63, 3.8) is 0 Å². The standard InChI is InChI=1S/C8H11NOS.C2H6/c1-6-3-4-11-8(6)5-7(2)9-10;1-2/h3-5,9-10H,1-2H3;1-2H3/b7-5+;. The number of aryl methyl sites for hydroxylation is 1. The monoisotopic (exact) mass is 199 g/mol. The van der Waals surface area contributed by atoms with E-state index in [2.05, 4.69) is 11.5 Å². The minimum atomic E-state index is 0.760. The van der Waals surface area contributed by atoms with Crippen LogP contribution in [0.5, 0.6) is 0 Å². The quantitative estimate of drug-likeness (QED) is 0.715. The predicted octanol–water partition coefficient (Wildman–Crippen LogP) is 3.42. The van der Waals surface area contributed by atoms with Gasteiger partial charge in [-0.05, 0) is 36.9 Å². The molecule has 1 rings (SSSR count). The maximum absolute atomic E-state index is 8.51. The lowest BCUT2D eigenvalue weighted by atomic mass is 10.2. The maximum Gasteiger partial charge on any atom is 0.0359 e. The Hall–Kier alpha value is -0.800. The molecule has 0 atom stereocenters. The largest absolute Gasteiger partial charge is 0.291 e. The summed E-state index contributed by atoms with van der Waals surface area (Å²) in [4.78, 5) is 1.18. The number of rotatable bonds is 2. The topological polar surface area (TPSA) is 32.3 Å². The van der Waals surface area contributed by atoms with Crippen molar-refractivity contribution in [2.75, 3.05) is 0 Å². The fourth-order valence-corrected chi connectivity index (χ4v) is 1.68. The molecule has 0 aliphatic rings. The molecule has 2 N–H and O–H groups in total. The lowest BCUT2D eigenvalue weighted by molar-refractivity contribution is 0.202. The molecule has 2 nitrogen and oxygen atoms in total. The van der Waals surface area contributed by atoms with Crippen LogP contribution < -0.4 is 5.48 Å². The SMILES string of the molecule is C/C(=C\c1sccc1C)NO.CC. The van der Waals surface area contributed by atoms with Crippen molar-refractivity contribution in [1.82, 2.24) is 5.48 Å². The Bertz CT molecular complexity index is 266. The third-order valence-electron chi connectivity index (χ3n) is 1.43. The molecule has 1 aromatic heterocycles. The number of hydroxylamine groups is 1. The molecular weight excluding hydrogens is 182 g/mol. The van der Waals surface area contributed by atoms with Gasteiger partial charge in [-0.3, -0.25) is 10.7 Å². The number of hydrogen-bond acceptors (Lipinski definition) is 3. The Kier molecular flexibility index (Phi) is 6.28. The Morgan fingerprint density at radius 2 is 2.15 bits per heavy atom. The highest BCUT2D eigenvalue weighted by Crippen LogP contribution is 2.17. The summed E-state index contributed by atoms with van der Waals surface area (Å²) in [6.07, 6.45) is 1.92. The van der Waals surface area contributed by atoms with Gasteiger partial charge in [0, 0.05) is 10.6 Å². The Labute approximate surface area is 83.9 Å². The summed E-state index contributed by atoms with van der Waals surface area (Å²) in [7, 11) is 0. The summed E-state index contributed by atoms with van der Waals surface area (Å²) in [6, 6.07) is 2.06. The van der Waals surface area contributed by atoms with Gasteiger partial charge in [-0.2, -0.15) is 0 Å². The van der Waals surface area contributed by atoms with E-state index >= 15 is 0 Å². The molecule has 1 heterocycles. The van der Waals surface area contributed by atoms with E-state index in [0.29, 0.717) is 0 Å². The van der Waals surface area contributed by atoms with Crippen LogP contribution in [0, 0.1) is 6.92 Å². The van der Waals surface area contributed by atoms with Crippen LogP contribution in [0.3, 0.4) is 0 Å². The highest BCUT2D eigenvalue weighted by molar-refractivity contribution is 7.11. The molecule has 0 radical (unpaired) electrons. The summed E-state index contributed by atoms with van der Waals surface area (Å²) < 4.78 is 0. The highest BCUT2D eigenvalue weighted by atomic mass is 32.1. The third kappa shape index (κ3) is 4.10. The summed E-state index contributed by atoms with van der Waals surface area (Å²) in [5.41, 5.74) is 4.10.